The lowest BCUT2D eigenvalue weighted by Crippen LogP contribution is -1.98. The standard InChI is InChI=1S/C10H12O5/c1-5(11)8-6(12)4-7(14-2)10(15-3)9(8)13/h4,12-13H,1-3H3. The second kappa shape index (κ2) is 4.08. The molecule has 0 fully saturated rings. The highest BCUT2D eigenvalue weighted by Gasteiger charge is 2.21. The van der Waals surface area contributed by atoms with Gasteiger partial charge >= 0.3 is 0 Å². The fourth-order valence-electron chi connectivity index (χ4n) is 1.31. The van der Waals surface area contributed by atoms with Crippen molar-refractivity contribution in [1.82, 2.24) is 0 Å². The van der Waals surface area contributed by atoms with E-state index in [1.807, 2.05) is 0 Å². The first-order valence-electron chi connectivity index (χ1n) is 4.20. The number of hydrogen-bond acceptors (Lipinski definition) is 5. The van der Waals surface area contributed by atoms with Gasteiger partial charge in [0.05, 0.1) is 14.2 Å². The molecule has 0 aliphatic heterocycles. The van der Waals surface area contributed by atoms with E-state index in [2.05, 4.69) is 0 Å². The predicted octanol–water partition coefficient (Wildman–Crippen LogP) is 1.32. The van der Waals surface area contributed by atoms with E-state index < -0.39 is 11.5 Å². The first-order chi connectivity index (χ1) is 7.02. The summed E-state index contributed by atoms with van der Waals surface area (Å²) in [6.07, 6.45) is 0. The molecule has 2 N–H and O–H groups in total. The maximum Gasteiger partial charge on any atom is 0.204 e. The Morgan fingerprint density at radius 1 is 1.27 bits per heavy atom. The number of methoxy groups -OCH3 is 2. The molecule has 0 saturated heterocycles. The van der Waals surface area contributed by atoms with Crippen LogP contribution in [-0.2, 0) is 0 Å². The smallest absolute Gasteiger partial charge is 0.204 e. The Labute approximate surface area is 86.9 Å². The van der Waals surface area contributed by atoms with Crippen LogP contribution < -0.4 is 9.47 Å². The maximum atomic E-state index is 11.1. The van der Waals surface area contributed by atoms with Crippen molar-refractivity contribution in [3.05, 3.63) is 11.6 Å². The molecule has 1 rings (SSSR count). The van der Waals surface area contributed by atoms with E-state index >= 15 is 0 Å². The topological polar surface area (TPSA) is 76.0 Å². The molecule has 0 aromatic heterocycles. The molecule has 82 valence electrons. The van der Waals surface area contributed by atoms with Gasteiger partial charge in [-0.1, -0.05) is 0 Å². The number of rotatable bonds is 3. The summed E-state index contributed by atoms with van der Waals surface area (Å²) in [7, 11) is 2.70. The van der Waals surface area contributed by atoms with E-state index in [4.69, 9.17) is 9.47 Å². The minimum atomic E-state index is -0.453. The molecule has 0 saturated carbocycles. The predicted molar refractivity (Wildman–Crippen MR) is 52.9 cm³/mol. The van der Waals surface area contributed by atoms with Crippen molar-refractivity contribution in [3.63, 3.8) is 0 Å². The molecule has 0 aliphatic carbocycles. The molecule has 0 unspecified atom stereocenters. The van der Waals surface area contributed by atoms with Gasteiger partial charge in [0, 0.05) is 6.07 Å². The fourth-order valence-corrected chi connectivity index (χ4v) is 1.31. The lowest BCUT2D eigenvalue weighted by atomic mass is 10.1. The first kappa shape index (κ1) is 11.2. The Bertz CT molecular complexity index is 397. The monoisotopic (exact) mass is 212 g/mol. The summed E-state index contributed by atoms with van der Waals surface area (Å²) in [5.41, 5.74) is -0.173. The van der Waals surface area contributed by atoms with Crippen molar-refractivity contribution in [2.45, 2.75) is 6.92 Å². The normalized spacial score (nSPS) is 9.80. The van der Waals surface area contributed by atoms with Crippen molar-refractivity contribution in [1.29, 1.82) is 0 Å². The summed E-state index contributed by atoms with van der Waals surface area (Å²) in [6, 6.07) is 1.22. The molecule has 0 radical (unpaired) electrons. The average Bonchev–Trinajstić information content (AvgIpc) is 2.16. The number of phenolic OH excluding ortho intramolecular Hbond substituents is 2. The molecular weight excluding hydrogens is 200 g/mol. The number of phenols is 2. The third-order valence-corrected chi connectivity index (χ3v) is 1.98. The van der Waals surface area contributed by atoms with Gasteiger partial charge < -0.3 is 19.7 Å². The van der Waals surface area contributed by atoms with Crippen molar-refractivity contribution < 1.29 is 24.5 Å². The van der Waals surface area contributed by atoms with Crippen molar-refractivity contribution in [2.24, 2.45) is 0 Å². The molecule has 0 bridgehead atoms. The lowest BCUT2D eigenvalue weighted by molar-refractivity contribution is 0.101. The molecular formula is C10H12O5. The third-order valence-electron chi connectivity index (χ3n) is 1.98. The summed E-state index contributed by atoms with van der Waals surface area (Å²) in [4.78, 5) is 11.1. The van der Waals surface area contributed by atoms with Gasteiger partial charge in [-0.25, -0.2) is 0 Å². The molecule has 5 heteroatoms. The van der Waals surface area contributed by atoms with Gasteiger partial charge in [-0.2, -0.15) is 0 Å². The fraction of sp³-hybridized carbons (Fsp3) is 0.300. The van der Waals surface area contributed by atoms with E-state index in [0.29, 0.717) is 0 Å². The van der Waals surface area contributed by atoms with Crippen LogP contribution in [0.3, 0.4) is 0 Å². The van der Waals surface area contributed by atoms with Gasteiger partial charge in [-0.05, 0) is 6.92 Å². The van der Waals surface area contributed by atoms with Crippen LogP contribution in [0.1, 0.15) is 17.3 Å². The van der Waals surface area contributed by atoms with Gasteiger partial charge in [0.1, 0.15) is 11.3 Å². The number of aromatic hydroxyl groups is 2. The number of hydrogen-bond donors (Lipinski definition) is 2. The van der Waals surface area contributed by atoms with E-state index in [0.717, 1.165) is 0 Å². The van der Waals surface area contributed by atoms with Gasteiger partial charge in [-0.15, -0.1) is 0 Å². The van der Waals surface area contributed by atoms with E-state index in [1.54, 1.807) is 0 Å². The highest BCUT2D eigenvalue weighted by Crippen LogP contribution is 2.43. The summed E-state index contributed by atoms with van der Waals surface area (Å²) in [5.74, 6) is -1.01. The molecule has 1 aromatic rings. The number of carbonyl (C=O) groups excluding carboxylic acids is 1. The second-order valence-corrected chi connectivity index (χ2v) is 2.91. The van der Waals surface area contributed by atoms with Crippen LogP contribution in [0, 0.1) is 0 Å². The summed E-state index contributed by atoms with van der Waals surface area (Å²) in [5, 5.41) is 19.1. The van der Waals surface area contributed by atoms with Crippen LogP contribution in [0.5, 0.6) is 23.0 Å². The van der Waals surface area contributed by atoms with E-state index in [-0.39, 0.29) is 22.8 Å². The van der Waals surface area contributed by atoms with Crippen molar-refractivity contribution in [3.8, 4) is 23.0 Å². The lowest BCUT2D eigenvalue weighted by Gasteiger charge is -2.12. The number of Topliss-reactive ketones (excluding diaryl/α,β-unsaturated/α-hetero) is 1. The largest absolute Gasteiger partial charge is 0.507 e. The second-order valence-electron chi connectivity index (χ2n) is 2.91. The number of carbonyl (C=O) groups is 1. The molecule has 15 heavy (non-hydrogen) atoms. The van der Waals surface area contributed by atoms with Gasteiger partial charge in [0.2, 0.25) is 5.75 Å². The quantitative estimate of drug-likeness (QED) is 0.739. The zero-order chi connectivity index (χ0) is 11.6. The maximum absolute atomic E-state index is 11.1. The van der Waals surface area contributed by atoms with E-state index in [1.165, 1.54) is 27.2 Å². The summed E-state index contributed by atoms with van der Waals surface area (Å²) in [6.45, 7) is 1.24. The van der Waals surface area contributed by atoms with Crippen LogP contribution in [0.15, 0.2) is 6.07 Å². The zero-order valence-electron chi connectivity index (χ0n) is 8.70. The Balaban J connectivity index is 3.51. The Hall–Kier alpha value is -1.91. The number of ketones is 1. The van der Waals surface area contributed by atoms with Crippen LogP contribution in [0.4, 0.5) is 0 Å². The van der Waals surface area contributed by atoms with Crippen molar-refractivity contribution in [2.75, 3.05) is 14.2 Å². The minimum Gasteiger partial charge on any atom is -0.507 e. The van der Waals surface area contributed by atoms with Gasteiger partial charge in [0.15, 0.2) is 17.3 Å². The Morgan fingerprint density at radius 3 is 2.27 bits per heavy atom. The van der Waals surface area contributed by atoms with E-state index in [9.17, 15) is 15.0 Å². The Kier molecular flexibility index (Phi) is 3.04. The molecule has 1 aromatic carbocycles. The SMILES string of the molecule is COc1cc(O)c(C(C)=O)c(O)c1OC. The molecule has 5 nitrogen and oxygen atoms in total. The van der Waals surface area contributed by atoms with Crippen LogP contribution in [0.25, 0.3) is 0 Å². The van der Waals surface area contributed by atoms with Gasteiger partial charge in [-0.3, -0.25) is 4.79 Å². The highest BCUT2D eigenvalue weighted by atomic mass is 16.5. The van der Waals surface area contributed by atoms with Crippen molar-refractivity contribution >= 4 is 5.78 Å². The zero-order valence-corrected chi connectivity index (χ0v) is 8.70. The highest BCUT2D eigenvalue weighted by molar-refractivity contribution is 6.00. The number of ether oxygens (including phenoxy) is 2. The molecule has 0 aliphatic rings. The molecule has 0 atom stereocenters. The van der Waals surface area contributed by atoms with Crippen LogP contribution in [-0.4, -0.2) is 30.2 Å². The van der Waals surface area contributed by atoms with Crippen LogP contribution in [0.2, 0.25) is 0 Å². The Morgan fingerprint density at radius 2 is 1.87 bits per heavy atom. The van der Waals surface area contributed by atoms with Gasteiger partial charge in [0.25, 0.3) is 0 Å². The summed E-state index contributed by atoms with van der Waals surface area (Å²) < 4.78 is 9.75. The molecule has 0 amide bonds. The third kappa shape index (κ3) is 1.81. The first-order valence-corrected chi connectivity index (χ1v) is 4.20. The minimum absolute atomic E-state index is 0.0282. The summed E-state index contributed by atoms with van der Waals surface area (Å²) >= 11 is 0. The molecule has 0 heterocycles. The van der Waals surface area contributed by atoms with Crippen LogP contribution >= 0.6 is 0 Å². The number of benzene rings is 1. The average molecular weight is 212 g/mol. The molecule has 0 spiro atoms.